The Morgan fingerprint density at radius 1 is 1.46 bits per heavy atom. The van der Waals surface area contributed by atoms with E-state index in [9.17, 15) is 5.11 Å². The van der Waals surface area contributed by atoms with Crippen LogP contribution in [0.25, 0.3) is 0 Å². The van der Waals surface area contributed by atoms with Crippen LogP contribution in [0.5, 0.6) is 0 Å². The second kappa shape index (κ2) is 2.94. The van der Waals surface area contributed by atoms with Crippen molar-refractivity contribution >= 4 is 8.58 Å². The molecule has 1 N–H and O–H groups in total. The van der Waals surface area contributed by atoms with Gasteiger partial charge in [-0.05, 0) is 35.5 Å². The Labute approximate surface area is 83.1 Å². The maximum atomic E-state index is 9.68. The van der Waals surface area contributed by atoms with Crippen LogP contribution in [0.1, 0.15) is 46.5 Å². The number of rotatable bonds is 2. The highest BCUT2D eigenvalue weighted by atomic mass is 31.1. The lowest BCUT2D eigenvalue weighted by molar-refractivity contribution is 0.174. The number of fused-ring (bicyclic) bond motifs is 1. The summed E-state index contributed by atoms with van der Waals surface area (Å²) >= 11 is 0. The lowest BCUT2D eigenvalue weighted by Crippen LogP contribution is -2.52. The third kappa shape index (κ3) is 1.36. The van der Waals surface area contributed by atoms with Crippen LogP contribution < -0.4 is 0 Å². The molecule has 0 aromatic heterocycles. The average molecular weight is 200 g/mol. The van der Waals surface area contributed by atoms with Crippen molar-refractivity contribution in [3.05, 3.63) is 0 Å². The zero-order valence-electron chi connectivity index (χ0n) is 8.93. The first-order valence-corrected chi connectivity index (χ1v) is 6.47. The third-order valence-corrected chi connectivity index (χ3v) is 6.34. The van der Waals surface area contributed by atoms with Crippen molar-refractivity contribution in [2.24, 2.45) is 5.92 Å². The van der Waals surface area contributed by atoms with Gasteiger partial charge in [0.25, 0.3) is 0 Å². The minimum Gasteiger partial charge on any atom is -0.393 e. The standard InChI is InChI=1S/C11H21OP/c1-4-5-10(2)9-6-8(12)7-11(9,3)13-10/h8-9,12-13H,4-7H2,1-3H3. The van der Waals surface area contributed by atoms with Gasteiger partial charge in [-0.3, -0.25) is 0 Å². The third-order valence-electron chi connectivity index (χ3n) is 4.05. The minimum atomic E-state index is 0.00109. The summed E-state index contributed by atoms with van der Waals surface area (Å²) in [5, 5.41) is 10.8. The smallest absolute Gasteiger partial charge is 0.0552 e. The Hall–Kier alpha value is 0.390. The lowest BCUT2D eigenvalue weighted by atomic mass is 9.80. The van der Waals surface area contributed by atoms with Gasteiger partial charge in [0.2, 0.25) is 0 Å². The van der Waals surface area contributed by atoms with Crippen LogP contribution in [0.4, 0.5) is 0 Å². The summed E-state index contributed by atoms with van der Waals surface area (Å²) in [4.78, 5) is 0. The maximum Gasteiger partial charge on any atom is 0.0552 e. The molecule has 13 heavy (non-hydrogen) atoms. The molecule has 2 rings (SSSR count). The van der Waals surface area contributed by atoms with E-state index in [-0.39, 0.29) is 6.10 Å². The van der Waals surface area contributed by atoms with Gasteiger partial charge < -0.3 is 5.11 Å². The fraction of sp³-hybridized carbons (Fsp3) is 1.00. The van der Waals surface area contributed by atoms with Crippen molar-refractivity contribution in [1.82, 2.24) is 0 Å². The summed E-state index contributed by atoms with van der Waals surface area (Å²) in [6.45, 7) is 7.08. The predicted octanol–water partition coefficient (Wildman–Crippen LogP) is 2.77. The fourth-order valence-electron chi connectivity index (χ4n) is 3.77. The summed E-state index contributed by atoms with van der Waals surface area (Å²) in [7, 11) is 1.08. The van der Waals surface area contributed by atoms with Gasteiger partial charge in [0.05, 0.1) is 6.10 Å². The highest BCUT2D eigenvalue weighted by Gasteiger charge is 2.61. The van der Waals surface area contributed by atoms with E-state index in [1.165, 1.54) is 12.8 Å². The molecule has 5 unspecified atom stereocenters. The van der Waals surface area contributed by atoms with Gasteiger partial charge in [0, 0.05) is 0 Å². The largest absolute Gasteiger partial charge is 0.393 e. The van der Waals surface area contributed by atoms with Crippen LogP contribution in [-0.4, -0.2) is 21.5 Å². The Bertz CT molecular complexity index is 218. The number of aliphatic hydroxyl groups is 1. The molecule has 0 spiro atoms. The summed E-state index contributed by atoms with van der Waals surface area (Å²) in [6.07, 6.45) is 4.79. The van der Waals surface area contributed by atoms with E-state index in [1.807, 2.05) is 0 Å². The van der Waals surface area contributed by atoms with Crippen molar-refractivity contribution in [3.63, 3.8) is 0 Å². The topological polar surface area (TPSA) is 20.2 Å². The zero-order chi connectivity index (χ0) is 9.69. The fourth-order valence-corrected chi connectivity index (χ4v) is 6.78. The molecule has 2 aliphatic rings. The van der Waals surface area contributed by atoms with Crippen molar-refractivity contribution < 1.29 is 5.11 Å². The molecule has 0 bridgehead atoms. The molecular formula is C11H21OP. The molecule has 1 aliphatic carbocycles. The SMILES string of the molecule is CCCC1(C)PC2(C)CC(O)CC12. The molecule has 76 valence electrons. The Morgan fingerprint density at radius 2 is 2.15 bits per heavy atom. The van der Waals surface area contributed by atoms with Gasteiger partial charge in [-0.25, -0.2) is 0 Å². The first-order valence-electron chi connectivity index (χ1n) is 5.47. The van der Waals surface area contributed by atoms with Crippen molar-refractivity contribution in [2.75, 3.05) is 0 Å². The van der Waals surface area contributed by atoms with Gasteiger partial charge in [-0.1, -0.05) is 27.2 Å². The van der Waals surface area contributed by atoms with Crippen LogP contribution in [0.15, 0.2) is 0 Å². The molecule has 5 atom stereocenters. The van der Waals surface area contributed by atoms with Crippen molar-refractivity contribution in [1.29, 1.82) is 0 Å². The first-order chi connectivity index (χ1) is 6.00. The monoisotopic (exact) mass is 200 g/mol. The molecule has 1 aliphatic heterocycles. The second-order valence-electron chi connectivity index (χ2n) is 5.36. The van der Waals surface area contributed by atoms with Gasteiger partial charge in [0.1, 0.15) is 0 Å². The first kappa shape index (κ1) is 9.93. The molecule has 1 heterocycles. The van der Waals surface area contributed by atoms with Crippen LogP contribution in [0.2, 0.25) is 0 Å². The van der Waals surface area contributed by atoms with E-state index < -0.39 is 0 Å². The normalized spacial score (nSPS) is 56.3. The number of hydrogen-bond donors (Lipinski definition) is 1. The Balaban J connectivity index is 2.08. The van der Waals surface area contributed by atoms with E-state index >= 15 is 0 Å². The molecule has 0 radical (unpaired) electrons. The molecule has 0 aromatic rings. The molecule has 0 amide bonds. The van der Waals surface area contributed by atoms with E-state index in [1.54, 1.807) is 0 Å². The summed E-state index contributed by atoms with van der Waals surface area (Å²) in [6, 6.07) is 0. The maximum absolute atomic E-state index is 9.68. The molecule has 2 fully saturated rings. The predicted molar refractivity (Wildman–Crippen MR) is 58.8 cm³/mol. The molecule has 1 saturated heterocycles. The molecule has 1 saturated carbocycles. The average Bonchev–Trinajstić information content (AvgIpc) is 2.23. The zero-order valence-corrected chi connectivity index (χ0v) is 9.93. The van der Waals surface area contributed by atoms with Gasteiger partial charge in [0.15, 0.2) is 0 Å². The lowest BCUT2D eigenvalue weighted by Gasteiger charge is -2.58. The van der Waals surface area contributed by atoms with Gasteiger partial charge >= 0.3 is 0 Å². The van der Waals surface area contributed by atoms with E-state index in [0.29, 0.717) is 10.3 Å². The molecule has 1 nitrogen and oxygen atoms in total. The highest BCUT2D eigenvalue weighted by Crippen LogP contribution is 2.72. The Kier molecular flexibility index (Phi) is 2.24. The summed E-state index contributed by atoms with van der Waals surface area (Å²) in [5.74, 6) is 0.813. The highest BCUT2D eigenvalue weighted by molar-refractivity contribution is 7.44. The minimum absolute atomic E-state index is 0.00109. The van der Waals surface area contributed by atoms with Crippen LogP contribution in [-0.2, 0) is 0 Å². The van der Waals surface area contributed by atoms with E-state index in [0.717, 1.165) is 27.3 Å². The number of hydrogen-bond acceptors (Lipinski definition) is 1. The molecular weight excluding hydrogens is 179 g/mol. The molecule has 0 aromatic carbocycles. The quantitative estimate of drug-likeness (QED) is 0.679. The van der Waals surface area contributed by atoms with Crippen LogP contribution in [0.3, 0.4) is 0 Å². The van der Waals surface area contributed by atoms with Gasteiger partial charge in [-0.15, -0.1) is 8.58 Å². The second-order valence-corrected chi connectivity index (χ2v) is 7.89. The van der Waals surface area contributed by atoms with Crippen LogP contribution in [0, 0.1) is 5.92 Å². The van der Waals surface area contributed by atoms with E-state index in [4.69, 9.17) is 0 Å². The van der Waals surface area contributed by atoms with E-state index in [2.05, 4.69) is 20.8 Å². The van der Waals surface area contributed by atoms with Gasteiger partial charge in [-0.2, -0.15) is 0 Å². The molecule has 2 heteroatoms. The summed E-state index contributed by atoms with van der Waals surface area (Å²) < 4.78 is 0. The van der Waals surface area contributed by atoms with Crippen molar-refractivity contribution in [2.45, 2.75) is 62.9 Å². The van der Waals surface area contributed by atoms with Crippen molar-refractivity contribution in [3.8, 4) is 0 Å². The summed E-state index contributed by atoms with van der Waals surface area (Å²) in [5.41, 5.74) is 0. The van der Waals surface area contributed by atoms with Crippen LogP contribution >= 0.6 is 8.58 Å². The Morgan fingerprint density at radius 3 is 2.69 bits per heavy atom. The number of aliphatic hydroxyl groups excluding tert-OH is 1.